The number of nitrogens with two attached hydrogens (primary N) is 2. The van der Waals surface area contributed by atoms with Crippen molar-refractivity contribution in [2.75, 3.05) is 18.5 Å². The average Bonchev–Trinajstić information content (AvgIpc) is 2.80. The Morgan fingerprint density at radius 2 is 1.08 bits per heavy atom. The minimum atomic E-state index is -5.29. The van der Waals surface area contributed by atoms with E-state index in [1.165, 1.54) is 12.1 Å². The van der Waals surface area contributed by atoms with E-state index in [2.05, 4.69) is 5.32 Å². The van der Waals surface area contributed by atoms with Crippen molar-refractivity contribution in [2.45, 2.75) is 21.2 Å². The molecule has 0 unspecified atom stereocenters. The largest absolute Gasteiger partial charge is 0.397 e. The molecule has 39 heavy (non-hydrogen) atoms. The fourth-order valence-corrected chi connectivity index (χ4v) is 6.64. The highest BCUT2D eigenvalue weighted by Gasteiger charge is 2.44. The van der Waals surface area contributed by atoms with Crippen molar-refractivity contribution in [3.63, 3.8) is 0 Å². The SMILES string of the molecule is CNCc1ccc(-c2c(N)c(S(=O)(=O)O)c(N)c3c2C(=O)c2c(S(=O)(=O)O)ccc(S(=O)(=O)O)c2C3=O)cc1. The van der Waals surface area contributed by atoms with Crippen molar-refractivity contribution in [1.82, 2.24) is 5.32 Å². The Labute approximate surface area is 221 Å². The summed E-state index contributed by atoms with van der Waals surface area (Å²) in [4.78, 5) is 24.1. The molecule has 1 aliphatic rings. The van der Waals surface area contributed by atoms with Gasteiger partial charge in [-0.15, -0.1) is 0 Å². The molecule has 0 atom stereocenters. The number of fused-ring (bicyclic) bond motifs is 2. The number of carbonyl (C=O) groups is 2. The van der Waals surface area contributed by atoms with Crippen LogP contribution in [-0.4, -0.2) is 57.5 Å². The minimum absolute atomic E-state index is 0.0393. The van der Waals surface area contributed by atoms with Crippen molar-refractivity contribution in [2.24, 2.45) is 0 Å². The molecule has 17 heteroatoms. The standard InChI is InChI=1S/C22H19N3O11S3/c1-25-8-9-2-4-10(5-3-9)13-16-17(19(24)22(18(13)23)39(34,35)36)21(27)15-12(38(31,32)33)7-6-11(37(28,29)30)14(15)20(16)26/h2-7,25H,8,23-24H2,1H3,(H,28,29,30)(H,31,32,33)(H,34,35,36). The Morgan fingerprint density at radius 1 is 0.641 bits per heavy atom. The molecule has 0 aliphatic heterocycles. The Kier molecular flexibility index (Phi) is 6.67. The number of nitrogen functional groups attached to an aromatic ring is 2. The molecule has 4 rings (SSSR count). The summed E-state index contributed by atoms with van der Waals surface area (Å²) >= 11 is 0. The van der Waals surface area contributed by atoms with E-state index in [1.54, 1.807) is 19.2 Å². The summed E-state index contributed by atoms with van der Waals surface area (Å²) < 4.78 is 102. The lowest BCUT2D eigenvalue weighted by atomic mass is 9.78. The van der Waals surface area contributed by atoms with E-state index < -0.39 is 95.8 Å². The van der Waals surface area contributed by atoms with Crippen LogP contribution >= 0.6 is 0 Å². The lowest BCUT2D eigenvalue weighted by Gasteiger charge is -2.26. The first-order chi connectivity index (χ1) is 17.9. The second-order valence-electron chi connectivity index (χ2n) is 8.40. The average molecular weight is 598 g/mol. The lowest BCUT2D eigenvalue weighted by Crippen LogP contribution is -2.29. The summed E-state index contributed by atoms with van der Waals surface area (Å²) in [5.74, 6) is -2.87. The molecular formula is C22H19N3O11S3. The van der Waals surface area contributed by atoms with E-state index in [-0.39, 0.29) is 5.56 Å². The van der Waals surface area contributed by atoms with Crippen LogP contribution in [0.3, 0.4) is 0 Å². The van der Waals surface area contributed by atoms with E-state index in [0.717, 1.165) is 5.56 Å². The number of nitrogens with one attached hydrogen (secondary N) is 1. The zero-order valence-corrected chi connectivity index (χ0v) is 22.1. The number of hydrogen-bond donors (Lipinski definition) is 6. The van der Waals surface area contributed by atoms with Crippen LogP contribution in [0.5, 0.6) is 0 Å². The predicted molar refractivity (Wildman–Crippen MR) is 136 cm³/mol. The summed E-state index contributed by atoms with van der Waals surface area (Å²) in [6.07, 6.45) is 0. The van der Waals surface area contributed by atoms with Crippen molar-refractivity contribution in [3.8, 4) is 11.1 Å². The van der Waals surface area contributed by atoms with Gasteiger partial charge in [0.15, 0.2) is 11.6 Å². The van der Waals surface area contributed by atoms with Gasteiger partial charge in [-0.05, 0) is 30.3 Å². The van der Waals surface area contributed by atoms with Crippen molar-refractivity contribution < 1.29 is 48.5 Å². The molecule has 0 heterocycles. The maximum atomic E-state index is 13.9. The van der Waals surface area contributed by atoms with E-state index in [1.807, 2.05) is 0 Å². The van der Waals surface area contributed by atoms with Gasteiger partial charge in [-0.2, -0.15) is 25.3 Å². The molecule has 0 saturated carbocycles. The molecule has 0 bridgehead atoms. The number of rotatable bonds is 6. The summed E-state index contributed by atoms with van der Waals surface area (Å²) in [5, 5.41) is 2.90. The predicted octanol–water partition coefficient (Wildman–Crippen LogP) is 0.753. The van der Waals surface area contributed by atoms with Crippen LogP contribution in [0.1, 0.15) is 37.4 Å². The third-order valence-electron chi connectivity index (χ3n) is 6.00. The zero-order chi connectivity index (χ0) is 29.2. The first-order valence-electron chi connectivity index (χ1n) is 10.6. The number of ketones is 2. The maximum absolute atomic E-state index is 13.9. The summed E-state index contributed by atoms with van der Waals surface area (Å²) in [6.45, 7) is 0.410. The van der Waals surface area contributed by atoms with Crippen LogP contribution < -0.4 is 16.8 Å². The first kappa shape index (κ1) is 28.3. The number of carbonyl (C=O) groups excluding carboxylic acids is 2. The molecule has 0 spiro atoms. The molecule has 8 N–H and O–H groups in total. The molecule has 0 saturated heterocycles. The van der Waals surface area contributed by atoms with Gasteiger partial charge in [0.1, 0.15) is 14.7 Å². The number of benzene rings is 3. The smallest absolute Gasteiger partial charge is 0.298 e. The van der Waals surface area contributed by atoms with Crippen molar-refractivity contribution in [3.05, 3.63) is 64.2 Å². The Bertz CT molecular complexity index is 1930. The van der Waals surface area contributed by atoms with Crippen LogP contribution in [0.2, 0.25) is 0 Å². The normalized spacial score (nSPS) is 13.7. The van der Waals surface area contributed by atoms with E-state index >= 15 is 0 Å². The monoisotopic (exact) mass is 597 g/mol. The van der Waals surface area contributed by atoms with Crippen LogP contribution in [0.15, 0.2) is 51.1 Å². The number of anilines is 2. The molecule has 0 aromatic heterocycles. The molecule has 3 aromatic carbocycles. The molecule has 1 aliphatic carbocycles. The quantitative estimate of drug-likeness (QED) is 0.132. The third-order valence-corrected chi connectivity index (χ3v) is 8.75. The minimum Gasteiger partial charge on any atom is -0.397 e. The Hall–Kier alpha value is -3.71. The summed E-state index contributed by atoms with van der Waals surface area (Å²) in [5.41, 5.74) is 6.61. The Balaban J connectivity index is 2.26. The van der Waals surface area contributed by atoms with Crippen LogP contribution in [-0.2, 0) is 36.9 Å². The summed E-state index contributed by atoms with van der Waals surface area (Å²) in [6, 6.07) is 6.88. The highest BCUT2D eigenvalue weighted by atomic mass is 32.2. The van der Waals surface area contributed by atoms with Gasteiger partial charge in [-0.25, -0.2) is 0 Å². The highest BCUT2D eigenvalue weighted by molar-refractivity contribution is 7.86. The second kappa shape index (κ2) is 9.19. The fraction of sp³-hybridized carbons (Fsp3) is 0.0909. The molecule has 0 radical (unpaired) electrons. The molecular weight excluding hydrogens is 578 g/mol. The second-order valence-corrected chi connectivity index (χ2v) is 12.5. The van der Waals surface area contributed by atoms with Gasteiger partial charge in [-0.1, -0.05) is 24.3 Å². The van der Waals surface area contributed by atoms with E-state index in [4.69, 9.17) is 11.5 Å². The van der Waals surface area contributed by atoms with Gasteiger partial charge in [0.25, 0.3) is 30.4 Å². The van der Waals surface area contributed by atoms with Gasteiger partial charge < -0.3 is 16.8 Å². The molecule has 0 fully saturated rings. The number of hydrogen-bond acceptors (Lipinski definition) is 11. The van der Waals surface area contributed by atoms with Gasteiger partial charge in [0, 0.05) is 17.7 Å². The Morgan fingerprint density at radius 3 is 1.49 bits per heavy atom. The molecule has 206 valence electrons. The maximum Gasteiger partial charge on any atom is 0.298 e. The fourth-order valence-electron chi connectivity index (χ4n) is 4.50. The first-order valence-corrected chi connectivity index (χ1v) is 14.9. The van der Waals surface area contributed by atoms with Crippen LogP contribution in [0, 0.1) is 0 Å². The van der Waals surface area contributed by atoms with E-state index in [9.17, 15) is 48.5 Å². The molecule has 0 amide bonds. The summed E-state index contributed by atoms with van der Waals surface area (Å²) in [7, 11) is -14.1. The molecule has 14 nitrogen and oxygen atoms in total. The van der Waals surface area contributed by atoms with Crippen molar-refractivity contribution in [1.29, 1.82) is 0 Å². The van der Waals surface area contributed by atoms with Crippen LogP contribution in [0.4, 0.5) is 11.4 Å². The van der Waals surface area contributed by atoms with Crippen molar-refractivity contribution >= 4 is 53.3 Å². The third kappa shape index (κ3) is 4.59. The van der Waals surface area contributed by atoms with Gasteiger partial charge in [0.2, 0.25) is 0 Å². The van der Waals surface area contributed by atoms with Gasteiger partial charge >= 0.3 is 0 Å². The van der Waals surface area contributed by atoms with Gasteiger partial charge in [0.05, 0.1) is 28.1 Å². The van der Waals surface area contributed by atoms with E-state index in [0.29, 0.717) is 18.7 Å². The van der Waals surface area contributed by atoms with Crippen LogP contribution in [0.25, 0.3) is 11.1 Å². The zero-order valence-electron chi connectivity index (χ0n) is 19.7. The lowest BCUT2D eigenvalue weighted by molar-refractivity contribution is 0.0975. The van der Waals surface area contributed by atoms with Gasteiger partial charge in [-0.3, -0.25) is 23.2 Å². The highest BCUT2D eigenvalue weighted by Crippen LogP contribution is 2.47. The topological polar surface area (TPSA) is 261 Å². The molecule has 3 aromatic rings.